The van der Waals surface area contributed by atoms with Gasteiger partial charge in [0, 0.05) is 0 Å². The SMILES string of the molecule is N#CCCN1N=C(C(F)F)CC1=O. The molecule has 0 bridgehead atoms. The lowest BCUT2D eigenvalue weighted by atomic mass is 10.3. The first-order chi connectivity index (χ1) is 6.15. The number of halogens is 2. The largest absolute Gasteiger partial charge is 0.278 e. The third-order valence-corrected chi connectivity index (χ3v) is 1.56. The first kappa shape index (κ1) is 9.58. The van der Waals surface area contributed by atoms with E-state index in [1.165, 1.54) is 0 Å². The smallest absolute Gasteiger partial charge is 0.273 e. The van der Waals surface area contributed by atoms with Crippen LogP contribution in [0.1, 0.15) is 12.8 Å². The van der Waals surface area contributed by atoms with Crippen molar-refractivity contribution in [2.45, 2.75) is 19.3 Å². The van der Waals surface area contributed by atoms with Crippen LogP contribution in [-0.4, -0.2) is 29.6 Å². The summed E-state index contributed by atoms with van der Waals surface area (Å²) in [5.41, 5.74) is -0.414. The zero-order chi connectivity index (χ0) is 9.84. The van der Waals surface area contributed by atoms with Gasteiger partial charge in [0.15, 0.2) is 0 Å². The van der Waals surface area contributed by atoms with Crippen LogP contribution >= 0.6 is 0 Å². The number of hydrogen-bond acceptors (Lipinski definition) is 3. The fourth-order valence-corrected chi connectivity index (χ4v) is 0.944. The van der Waals surface area contributed by atoms with Crippen LogP contribution in [0.4, 0.5) is 8.78 Å². The fraction of sp³-hybridized carbons (Fsp3) is 0.571. The molecule has 0 aromatic heterocycles. The van der Waals surface area contributed by atoms with E-state index in [1.807, 2.05) is 6.07 Å². The van der Waals surface area contributed by atoms with Gasteiger partial charge >= 0.3 is 0 Å². The van der Waals surface area contributed by atoms with Crippen molar-refractivity contribution in [3.05, 3.63) is 0 Å². The van der Waals surface area contributed by atoms with E-state index in [1.54, 1.807) is 0 Å². The third-order valence-electron chi connectivity index (χ3n) is 1.56. The lowest BCUT2D eigenvalue weighted by Gasteiger charge is -2.07. The molecule has 0 fully saturated rings. The molecule has 0 radical (unpaired) electrons. The Labute approximate surface area is 73.4 Å². The molecule has 0 aromatic rings. The van der Waals surface area contributed by atoms with Gasteiger partial charge in [-0.2, -0.15) is 10.4 Å². The van der Waals surface area contributed by atoms with Crippen LogP contribution in [0, 0.1) is 11.3 Å². The van der Waals surface area contributed by atoms with Gasteiger partial charge in [0.1, 0.15) is 5.71 Å². The normalized spacial score (nSPS) is 16.3. The first-order valence-electron chi connectivity index (χ1n) is 3.68. The number of alkyl halides is 2. The van der Waals surface area contributed by atoms with E-state index < -0.39 is 18.0 Å². The summed E-state index contributed by atoms with van der Waals surface area (Å²) in [7, 11) is 0. The van der Waals surface area contributed by atoms with Gasteiger partial charge in [0.05, 0.1) is 25.5 Å². The molecule has 13 heavy (non-hydrogen) atoms. The van der Waals surface area contributed by atoms with E-state index in [2.05, 4.69) is 5.10 Å². The topological polar surface area (TPSA) is 56.5 Å². The third kappa shape index (κ3) is 2.21. The molecule has 6 heteroatoms. The predicted octanol–water partition coefficient (Wildman–Crippen LogP) is 0.753. The van der Waals surface area contributed by atoms with E-state index >= 15 is 0 Å². The first-order valence-corrected chi connectivity index (χ1v) is 3.68. The second-order valence-electron chi connectivity index (χ2n) is 2.49. The summed E-state index contributed by atoms with van der Waals surface area (Å²) < 4.78 is 24.1. The Balaban J connectivity index is 2.57. The summed E-state index contributed by atoms with van der Waals surface area (Å²) in [6.45, 7) is 0.0888. The molecule has 0 spiro atoms. The van der Waals surface area contributed by atoms with Crippen LogP contribution in [0.25, 0.3) is 0 Å². The molecular weight excluding hydrogens is 180 g/mol. The number of hydrogen-bond donors (Lipinski definition) is 0. The number of hydrazone groups is 1. The van der Waals surface area contributed by atoms with E-state index in [-0.39, 0.29) is 19.4 Å². The number of carbonyl (C=O) groups excluding carboxylic acids is 1. The van der Waals surface area contributed by atoms with Crippen molar-refractivity contribution >= 4 is 11.6 Å². The van der Waals surface area contributed by atoms with Gasteiger partial charge in [-0.3, -0.25) is 4.79 Å². The minimum absolute atomic E-state index is 0.0888. The van der Waals surface area contributed by atoms with E-state index in [4.69, 9.17) is 5.26 Å². The maximum atomic E-state index is 12.0. The van der Waals surface area contributed by atoms with Crippen molar-refractivity contribution in [1.82, 2.24) is 5.01 Å². The van der Waals surface area contributed by atoms with Crippen molar-refractivity contribution < 1.29 is 13.6 Å². The summed E-state index contributed by atoms with van der Waals surface area (Å²) >= 11 is 0. The Morgan fingerprint density at radius 1 is 1.69 bits per heavy atom. The Morgan fingerprint density at radius 2 is 2.38 bits per heavy atom. The molecule has 0 atom stereocenters. The molecule has 1 aliphatic rings. The summed E-state index contributed by atoms with van der Waals surface area (Å²) in [5.74, 6) is -0.467. The molecule has 0 saturated heterocycles. The van der Waals surface area contributed by atoms with Crippen molar-refractivity contribution in [3.8, 4) is 6.07 Å². The highest BCUT2D eigenvalue weighted by Crippen LogP contribution is 2.13. The molecule has 0 unspecified atom stereocenters. The molecular formula is C7H7F2N3O. The molecule has 1 heterocycles. The highest BCUT2D eigenvalue weighted by atomic mass is 19.3. The van der Waals surface area contributed by atoms with E-state index in [0.29, 0.717) is 0 Å². The summed E-state index contributed by atoms with van der Waals surface area (Å²) in [5, 5.41) is 12.5. The summed E-state index contributed by atoms with van der Waals surface area (Å²) in [6.07, 6.45) is -2.91. The van der Waals surface area contributed by atoms with Crippen molar-refractivity contribution in [1.29, 1.82) is 5.26 Å². The van der Waals surface area contributed by atoms with E-state index in [0.717, 1.165) is 5.01 Å². The van der Waals surface area contributed by atoms with Gasteiger partial charge in [0.25, 0.3) is 6.43 Å². The number of rotatable bonds is 3. The fourth-order valence-electron chi connectivity index (χ4n) is 0.944. The Hall–Kier alpha value is -1.51. The number of amides is 1. The lowest BCUT2D eigenvalue weighted by molar-refractivity contribution is -0.128. The standard InChI is InChI=1S/C7H7F2N3O/c8-7(9)5-4-6(13)12(11-5)3-1-2-10/h7H,1,3-4H2. The number of nitriles is 1. The van der Waals surface area contributed by atoms with Crippen LogP contribution in [-0.2, 0) is 4.79 Å². The molecule has 1 aliphatic heterocycles. The average Bonchev–Trinajstić information content (AvgIpc) is 2.44. The molecule has 4 nitrogen and oxygen atoms in total. The van der Waals surface area contributed by atoms with Crippen LogP contribution in [0.2, 0.25) is 0 Å². The van der Waals surface area contributed by atoms with Crippen molar-refractivity contribution in [2.75, 3.05) is 6.54 Å². The highest BCUT2D eigenvalue weighted by Gasteiger charge is 2.28. The number of carbonyl (C=O) groups is 1. The highest BCUT2D eigenvalue weighted by molar-refractivity contribution is 6.06. The Morgan fingerprint density at radius 3 is 2.85 bits per heavy atom. The minimum Gasteiger partial charge on any atom is -0.273 e. The maximum Gasteiger partial charge on any atom is 0.278 e. The number of nitrogens with zero attached hydrogens (tertiary/aromatic N) is 3. The molecule has 0 aliphatic carbocycles. The lowest BCUT2D eigenvalue weighted by Crippen LogP contribution is -2.21. The van der Waals surface area contributed by atoms with Gasteiger partial charge in [-0.1, -0.05) is 0 Å². The van der Waals surface area contributed by atoms with Gasteiger partial charge in [-0.25, -0.2) is 13.8 Å². The minimum atomic E-state index is -2.68. The van der Waals surface area contributed by atoms with Gasteiger partial charge < -0.3 is 0 Å². The van der Waals surface area contributed by atoms with Crippen molar-refractivity contribution in [2.24, 2.45) is 5.10 Å². The van der Waals surface area contributed by atoms with Crippen LogP contribution in [0.15, 0.2) is 5.10 Å². The zero-order valence-electron chi connectivity index (χ0n) is 6.70. The summed E-state index contributed by atoms with van der Waals surface area (Å²) in [4.78, 5) is 11.0. The molecule has 0 N–H and O–H groups in total. The average molecular weight is 187 g/mol. The van der Waals surface area contributed by atoms with Crippen LogP contribution < -0.4 is 0 Å². The molecule has 70 valence electrons. The molecule has 0 saturated carbocycles. The maximum absolute atomic E-state index is 12.0. The van der Waals surface area contributed by atoms with Crippen LogP contribution in [0.5, 0.6) is 0 Å². The monoisotopic (exact) mass is 187 g/mol. The zero-order valence-corrected chi connectivity index (χ0v) is 6.70. The van der Waals surface area contributed by atoms with Gasteiger partial charge in [-0.05, 0) is 0 Å². The van der Waals surface area contributed by atoms with Crippen molar-refractivity contribution in [3.63, 3.8) is 0 Å². The van der Waals surface area contributed by atoms with E-state index in [9.17, 15) is 13.6 Å². The quantitative estimate of drug-likeness (QED) is 0.654. The van der Waals surface area contributed by atoms with Gasteiger partial charge in [0.2, 0.25) is 5.91 Å². The molecule has 1 rings (SSSR count). The molecule has 0 aromatic carbocycles. The van der Waals surface area contributed by atoms with Crippen LogP contribution in [0.3, 0.4) is 0 Å². The predicted molar refractivity (Wildman–Crippen MR) is 40.0 cm³/mol. The Bertz CT molecular complexity index is 282. The summed E-state index contributed by atoms with van der Waals surface area (Å²) in [6, 6.07) is 1.81. The molecule has 1 amide bonds. The second kappa shape index (κ2) is 3.94. The van der Waals surface area contributed by atoms with Gasteiger partial charge in [-0.15, -0.1) is 0 Å². The second-order valence-corrected chi connectivity index (χ2v) is 2.49. The Kier molecular flexibility index (Phi) is 2.90.